The van der Waals surface area contributed by atoms with Crippen molar-refractivity contribution < 1.29 is 13.2 Å². The van der Waals surface area contributed by atoms with Gasteiger partial charge in [0.25, 0.3) is 0 Å². The molecule has 0 fully saturated rings. The zero-order valence-electron chi connectivity index (χ0n) is 13.9. The second-order valence-electron chi connectivity index (χ2n) is 6.78. The minimum atomic E-state index is -3.60. The van der Waals surface area contributed by atoms with Crippen LogP contribution < -0.4 is 9.46 Å². The van der Waals surface area contributed by atoms with Gasteiger partial charge in [0, 0.05) is 43.9 Å². The molecule has 0 saturated carbocycles. The number of nitrogens with one attached hydrogen (secondary N) is 1. The number of rotatable bonds is 4. The number of hydrogen-bond acceptors (Lipinski definition) is 4. The van der Waals surface area contributed by atoms with E-state index in [-0.39, 0.29) is 16.9 Å². The summed E-state index contributed by atoms with van der Waals surface area (Å²) in [5, 5.41) is 0.350. The zero-order chi connectivity index (χ0) is 17.6. The SMILES string of the molecule is C[C@@H]1Cc2cc(S(=O)(=O)NC[C@@H]3CCc4nccn4C3)cc(Cl)c2O1. The van der Waals surface area contributed by atoms with Gasteiger partial charge in [0.15, 0.2) is 0 Å². The van der Waals surface area contributed by atoms with Crippen molar-refractivity contribution in [2.45, 2.75) is 43.7 Å². The van der Waals surface area contributed by atoms with E-state index in [1.54, 1.807) is 12.3 Å². The van der Waals surface area contributed by atoms with E-state index in [0.717, 1.165) is 30.8 Å². The molecule has 0 saturated heterocycles. The molecule has 6 nitrogen and oxygen atoms in total. The van der Waals surface area contributed by atoms with Gasteiger partial charge in [-0.3, -0.25) is 0 Å². The minimum absolute atomic E-state index is 0.0185. The number of fused-ring (bicyclic) bond motifs is 2. The van der Waals surface area contributed by atoms with Gasteiger partial charge < -0.3 is 9.30 Å². The Hall–Kier alpha value is -1.57. The topological polar surface area (TPSA) is 73.2 Å². The maximum absolute atomic E-state index is 12.7. The Bertz CT molecular complexity index is 910. The highest BCUT2D eigenvalue weighted by molar-refractivity contribution is 7.89. The zero-order valence-corrected chi connectivity index (χ0v) is 15.5. The van der Waals surface area contributed by atoms with Crippen LogP contribution in [0, 0.1) is 5.92 Å². The lowest BCUT2D eigenvalue weighted by atomic mass is 10.00. The molecular weight excluding hydrogens is 362 g/mol. The summed E-state index contributed by atoms with van der Waals surface area (Å²) in [5.41, 5.74) is 0.848. The van der Waals surface area contributed by atoms with Gasteiger partial charge >= 0.3 is 0 Å². The monoisotopic (exact) mass is 381 g/mol. The number of aromatic nitrogens is 2. The first-order chi connectivity index (χ1) is 11.9. The fourth-order valence-corrected chi connectivity index (χ4v) is 5.07. The first-order valence-corrected chi connectivity index (χ1v) is 10.3. The van der Waals surface area contributed by atoms with Crippen molar-refractivity contribution in [2.75, 3.05) is 6.54 Å². The number of benzene rings is 1. The number of sulfonamides is 1. The van der Waals surface area contributed by atoms with Crippen LogP contribution in [0.3, 0.4) is 0 Å². The first-order valence-electron chi connectivity index (χ1n) is 8.41. The number of hydrogen-bond donors (Lipinski definition) is 1. The van der Waals surface area contributed by atoms with Crippen LogP contribution in [0.25, 0.3) is 0 Å². The summed E-state index contributed by atoms with van der Waals surface area (Å²) in [6.45, 7) is 3.13. The molecule has 2 aliphatic rings. The van der Waals surface area contributed by atoms with E-state index in [1.165, 1.54) is 6.07 Å². The third kappa shape index (κ3) is 3.28. The fourth-order valence-electron chi connectivity index (χ4n) is 3.53. The van der Waals surface area contributed by atoms with Gasteiger partial charge in [0.05, 0.1) is 9.92 Å². The molecular formula is C17H20ClN3O3S. The van der Waals surface area contributed by atoms with Crippen LogP contribution in [0.2, 0.25) is 5.02 Å². The molecule has 0 spiro atoms. The first kappa shape index (κ1) is 16.9. The molecule has 134 valence electrons. The smallest absolute Gasteiger partial charge is 0.240 e. The normalized spacial score (nSPS) is 22.3. The molecule has 0 radical (unpaired) electrons. The van der Waals surface area contributed by atoms with Gasteiger partial charge in [-0.2, -0.15) is 0 Å². The standard InChI is InChI=1S/C17H20ClN3O3S/c1-11-6-13-7-14(8-15(18)17(13)24-11)25(22,23)20-9-12-2-3-16-19-4-5-21(16)10-12/h4-5,7-8,11-12,20H,2-3,6,9-10H2,1H3/t11-,12+/m1/s1. The molecule has 1 N–H and O–H groups in total. The number of aryl methyl sites for hydroxylation is 1. The Labute approximate surface area is 152 Å². The van der Waals surface area contributed by atoms with Gasteiger partial charge in [-0.15, -0.1) is 0 Å². The van der Waals surface area contributed by atoms with E-state index in [9.17, 15) is 8.42 Å². The third-order valence-electron chi connectivity index (χ3n) is 4.83. The molecule has 1 aromatic carbocycles. The molecule has 2 aliphatic heterocycles. The summed E-state index contributed by atoms with van der Waals surface area (Å²) in [5.74, 6) is 1.93. The molecule has 0 bridgehead atoms. The Morgan fingerprint density at radius 2 is 2.28 bits per heavy atom. The van der Waals surface area contributed by atoms with Crippen molar-refractivity contribution in [1.29, 1.82) is 0 Å². The van der Waals surface area contributed by atoms with Crippen LogP contribution in [0.1, 0.15) is 24.7 Å². The largest absolute Gasteiger partial charge is 0.489 e. The van der Waals surface area contributed by atoms with E-state index in [4.69, 9.17) is 16.3 Å². The molecule has 25 heavy (non-hydrogen) atoms. The molecule has 3 heterocycles. The van der Waals surface area contributed by atoms with Crippen molar-refractivity contribution in [3.63, 3.8) is 0 Å². The van der Waals surface area contributed by atoms with Crippen molar-refractivity contribution >= 4 is 21.6 Å². The Kier molecular flexibility index (Phi) is 4.25. The van der Waals surface area contributed by atoms with Gasteiger partial charge in [-0.25, -0.2) is 18.1 Å². The van der Waals surface area contributed by atoms with E-state index in [0.29, 0.717) is 23.7 Å². The predicted molar refractivity (Wildman–Crippen MR) is 94.5 cm³/mol. The Morgan fingerprint density at radius 1 is 1.44 bits per heavy atom. The number of ether oxygens (including phenoxy) is 1. The summed E-state index contributed by atoms with van der Waals surface area (Å²) >= 11 is 6.21. The second kappa shape index (κ2) is 6.30. The number of halogens is 1. The summed E-state index contributed by atoms with van der Waals surface area (Å²) in [7, 11) is -3.60. The minimum Gasteiger partial charge on any atom is -0.489 e. The van der Waals surface area contributed by atoms with Crippen LogP contribution in [0.4, 0.5) is 0 Å². The summed E-state index contributed by atoms with van der Waals surface area (Å²) in [6.07, 6.45) is 6.22. The Morgan fingerprint density at radius 3 is 3.12 bits per heavy atom. The molecule has 2 aromatic rings. The van der Waals surface area contributed by atoms with Crippen LogP contribution >= 0.6 is 11.6 Å². The second-order valence-corrected chi connectivity index (χ2v) is 8.95. The van der Waals surface area contributed by atoms with Crippen LogP contribution in [0.15, 0.2) is 29.4 Å². The predicted octanol–water partition coefficient (Wildman–Crippen LogP) is 2.40. The quantitative estimate of drug-likeness (QED) is 0.882. The summed E-state index contributed by atoms with van der Waals surface area (Å²) in [6, 6.07) is 3.14. The van der Waals surface area contributed by atoms with Crippen molar-refractivity contribution in [3.05, 3.63) is 40.9 Å². The Balaban J connectivity index is 1.48. The fraction of sp³-hybridized carbons (Fsp3) is 0.471. The van der Waals surface area contributed by atoms with E-state index >= 15 is 0 Å². The number of imidazole rings is 1. The molecule has 8 heteroatoms. The molecule has 0 aliphatic carbocycles. The molecule has 2 atom stereocenters. The molecule has 0 amide bonds. The lowest BCUT2D eigenvalue weighted by Crippen LogP contribution is -2.33. The highest BCUT2D eigenvalue weighted by Crippen LogP contribution is 2.38. The maximum atomic E-state index is 12.7. The average Bonchev–Trinajstić information content (AvgIpc) is 3.18. The summed E-state index contributed by atoms with van der Waals surface area (Å²) < 4.78 is 35.8. The lowest BCUT2D eigenvalue weighted by molar-refractivity contribution is 0.255. The van der Waals surface area contributed by atoms with Gasteiger partial charge in [0.1, 0.15) is 17.7 Å². The van der Waals surface area contributed by atoms with Crippen molar-refractivity contribution in [3.8, 4) is 5.75 Å². The van der Waals surface area contributed by atoms with Crippen LogP contribution in [0.5, 0.6) is 5.75 Å². The van der Waals surface area contributed by atoms with Gasteiger partial charge in [-0.05, 0) is 31.4 Å². The van der Waals surface area contributed by atoms with Crippen molar-refractivity contribution in [2.24, 2.45) is 5.92 Å². The van der Waals surface area contributed by atoms with Crippen LogP contribution in [-0.2, 0) is 29.4 Å². The average molecular weight is 382 g/mol. The van der Waals surface area contributed by atoms with Gasteiger partial charge in [-0.1, -0.05) is 11.6 Å². The molecule has 0 unspecified atom stereocenters. The van der Waals surface area contributed by atoms with Crippen molar-refractivity contribution in [1.82, 2.24) is 14.3 Å². The van der Waals surface area contributed by atoms with Crippen LogP contribution in [-0.4, -0.2) is 30.6 Å². The maximum Gasteiger partial charge on any atom is 0.240 e. The molecule has 1 aromatic heterocycles. The van der Waals surface area contributed by atoms with E-state index < -0.39 is 10.0 Å². The third-order valence-corrected chi connectivity index (χ3v) is 6.51. The van der Waals surface area contributed by atoms with E-state index in [1.807, 2.05) is 13.1 Å². The lowest BCUT2D eigenvalue weighted by Gasteiger charge is -2.24. The van der Waals surface area contributed by atoms with Gasteiger partial charge in [0.2, 0.25) is 10.0 Å². The highest BCUT2D eigenvalue weighted by atomic mass is 35.5. The number of nitrogens with zero attached hydrogens (tertiary/aromatic N) is 2. The summed E-state index contributed by atoms with van der Waals surface area (Å²) in [4.78, 5) is 4.50. The highest BCUT2D eigenvalue weighted by Gasteiger charge is 2.27. The van der Waals surface area contributed by atoms with E-state index in [2.05, 4.69) is 14.3 Å². The molecule has 4 rings (SSSR count).